The van der Waals surface area contributed by atoms with Crippen LogP contribution in [0.4, 0.5) is 0 Å². The number of alkyl halides is 1. The summed E-state index contributed by atoms with van der Waals surface area (Å²) in [4.78, 5) is 0. The van der Waals surface area contributed by atoms with E-state index in [-0.39, 0.29) is 6.29 Å². The minimum Gasteiger partial charge on any atom is -0.352 e. The molecule has 3 heteroatoms. The zero-order valence-corrected chi connectivity index (χ0v) is 10.3. The summed E-state index contributed by atoms with van der Waals surface area (Å²) in [7, 11) is 0. The van der Waals surface area contributed by atoms with Crippen LogP contribution in [0, 0.1) is 0 Å². The van der Waals surface area contributed by atoms with E-state index in [0.717, 1.165) is 31.4 Å². The van der Waals surface area contributed by atoms with Gasteiger partial charge in [-0.1, -0.05) is 42.6 Å². The number of hydrogen-bond acceptors (Lipinski definition) is 2. The van der Waals surface area contributed by atoms with Crippen LogP contribution in [0.2, 0.25) is 0 Å². The van der Waals surface area contributed by atoms with Gasteiger partial charge in [0.15, 0.2) is 6.29 Å². The van der Waals surface area contributed by atoms with Crippen molar-refractivity contribution in [3.05, 3.63) is 0 Å². The molecule has 0 saturated heterocycles. The standard InChI is InChI=1S/C10H21BrO2/c1-3-5-6-8-13-10(9-11)12-7-4-2/h10H,3-9H2,1-2H3. The topological polar surface area (TPSA) is 18.5 Å². The van der Waals surface area contributed by atoms with Gasteiger partial charge in [-0.05, 0) is 12.8 Å². The first kappa shape index (κ1) is 13.4. The molecule has 2 nitrogen and oxygen atoms in total. The first-order valence-electron chi connectivity index (χ1n) is 5.14. The third-order valence-electron chi connectivity index (χ3n) is 1.69. The summed E-state index contributed by atoms with van der Waals surface area (Å²) in [6.45, 7) is 5.88. The lowest BCUT2D eigenvalue weighted by Crippen LogP contribution is -2.20. The van der Waals surface area contributed by atoms with E-state index in [1.807, 2.05) is 0 Å². The Morgan fingerprint density at radius 3 is 2.23 bits per heavy atom. The van der Waals surface area contributed by atoms with Crippen LogP contribution in [0.15, 0.2) is 0 Å². The van der Waals surface area contributed by atoms with E-state index in [9.17, 15) is 0 Å². The molecule has 0 radical (unpaired) electrons. The van der Waals surface area contributed by atoms with E-state index in [0.29, 0.717) is 0 Å². The lowest BCUT2D eigenvalue weighted by Gasteiger charge is -2.15. The molecule has 0 rings (SSSR count). The molecule has 13 heavy (non-hydrogen) atoms. The molecule has 0 spiro atoms. The van der Waals surface area contributed by atoms with Crippen molar-refractivity contribution >= 4 is 15.9 Å². The normalized spacial score (nSPS) is 13.2. The van der Waals surface area contributed by atoms with Gasteiger partial charge in [0.25, 0.3) is 0 Å². The Hall–Kier alpha value is 0.400. The van der Waals surface area contributed by atoms with Gasteiger partial charge in [-0.15, -0.1) is 0 Å². The van der Waals surface area contributed by atoms with E-state index in [2.05, 4.69) is 29.8 Å². The van der Waals surface area contributed by atoms with Crippen LogP contribution in [-0.4, -0.2) is 24.8 Å². The molecule has 0 fully saturated rings. The highest BCUT2D eigenvalue weighted by Gasteiger charge is 2.05. The Bertz CT molecular complexity index is 98.9. The molecule has 80 valence electrons. The molecule has 0 saturated carbocycles. The Morgan fingerprint density at radius 1 is 1.00 bits per heavy atom. The monoisotopic (exact) mass is 252 g/mol. The summed E-state index contributed by atoms with van der Waals surface area (Å²) in [5, 5.41) is 0.763. The summed E-state index contributed by atoms with van der Waals surface area (Å²) >= 11 is 3.37. The molecule has 0 heterocycles. The maximum Gasteiger partial charge on any atom is 0.167 e. The van der Waals surface area contributed by atoms with E-state index >= 15 is 0 Å². The van der Waals surface area contributed by atoms with Crippen molar-refractivity contribution in [2.24, 2.45) is 0 Å². The maximum atomic E-state index is 5.53. The summed E-state index contributed by atoms with van der Waals surface area (Å²) in [5.74, 6) is 0. The number of unbranched alkanes of at least 4 members (excludes halogenated alkanes) is 2. The van der Waals surface area contributed by atoms with Gasteiger partial charge in [0.2, 0.25) is 0 Å². The average Bonchev–Trinajstić information content (AvgIpc) is 2.17. The summed E-state index contributed by atoms with van der Waals surface area (Å²) in [6.07, 6.45) is 4.59. The van der Waals surface area contributed by atoms with Crippen molar-refractivity contribution in [2.75, 3.05) is 18.5 Å². The highest BCUT2D eigenvalue weighted by Crippen LogP contribution is 2.03. The minimum atomic E-state index is -0.0585. The SMILES string of the molecule is CCCCCOC(CBr)OCCC. The number of rotatable bonds is 9. The van der Waals surface area contributed by atoms with Gasteiger partial charge in [0.05, 0.1) is 5.33 Å². The van der Waals surface area contributed by atoms with Crippen LogP contribution in [0.5, 0.6) is 0 Å². The molecule has 0 aliphatic heterocycles. The van der Waals surface area contributed by atoms with Gasteiger partial charge in [-0.2, -0.15) is 0 Å². The largest absolute Gasteiger partial charge is 0.352 e. The van der Waals surface area contributed by atoms with Crippen LogP contribution >= 0.6 is 15.9 Å². The van der Waals surface area contributed by atoms with Gasteiger partial charge < -0.3 is 9.47 Å². The zero-order chi connectivity index (χ0) is 9.94. The summed E-state index contributed by atoms with van der Waals surface area (Å²) in [6, 6.07) is 0. The lowest BCUT2D eigenvalue weighted by molar-refractivity contribution is -0.127. The number of hydrogen-bond donors (Lipinski definition) is 0. The minimum absolute atomic E-state index is 0.0585. The molecular formula is C10H21BrO2. The molecule has 0 aromatic carbocycles. The molecule has 0 aromatic heterocycles. The van der Waals surface area contributed by atoms with Crippen LogP contribution < -0.4 is 0 Å². The van der Waals surface area contributed by atoms with Crippen molar-refractivity contribution in [3.63, 3.8) is 0 Å². The van der Waals surface area contributed by atoms with Crippen LogP contribution in [0.1, 0.15) is 39.5 Å². The average molecular weight is 253 g/mol. The second-order valence-electron chi connectivity index (χ2n) is 3.03. The highest BCUT2D eigenvalue weighted by atomic mass is 79.9. The van der Waals surface area contributed by atoms with Gasteiger partial charge >= 0.3 is 0 Å². The van der Waals surface area contributed by atoms with E-state index in [4.69, 9.17) is 9.47 Å². The first-order valence-corrected chi connectivity index (χ1v) is 6.26. The molecule has 0 aliphatic carbocycles. The van der Waals surface area contributed by atoms with Crippen molar-refractivity contribution in [1.82, 2.24) is 0 Å². The van der Waals surface area contributed by atoms with Gasteiger partial charge in [-0.3, -0.25) is 0 Å². The smallest absolute Gasteiger partial charge is 0.167 e. The number of ether oxygens (including phenoxy) is 2. The van der Waals surface area contributed by atoms with E-state index in [1.165, 1.54) is 12.8 Å². The second kappa shape index (κ2) is 10.5. The Balaban J connectivity index is 3.25. The van der Waals surface area contributed by atoms with E-state index in [1.54, 1.807) is 0 Å². The van der Waals surface area contributed by atoms with Crippen molar-refractivity contribution in [1.29, 1.82) is 0 Å². The van der Waals surface area contributed by atoms with Gasteiger partial charge in [0, 0.05) is 13.2 Å². The quantitative estimate of drug-likeness (QED) is 0.356. The van der Waals surface area contributed by atoms with Crippen molar-refractivity contribution in [2.45, 2.75) is 45.8 Å². The second-order valence-corrected chi connectivity index (χ2v) is 3.68. The lowest BCUT2D eigenvalue weighted by atomic mass is 10.3. The number of halogens is 1. The Morgan fingerprint density at radius 2 is 1.69 bits per heavy atom. The molecular weight excluding hydrogens is 232 g/mol. The Kier molecular flexibility index (Phi) is 10.8. The molecule has 0 bridgehead atoms. The maximum absolute atomic E-state index is 5.53. The fraction of sp³-hybridized carbons (Fsp3) is 1.00. The Labute approximate surface area is 90.1 Å². The fourth-order valence-corrected chi connectivity index (χ4v) is 1.33. The highest BCUT2D eigenvalue weighted by molar-refractivity contribution is 9.09. The summed E-state index contributed by atoms with van der Waals surface area (Å²) < 4.78 is 11.0. The molecule has 0 aliphatic rings. The van der Waals surface area contributed by atoms with Crippen molar-refractivity contribution < 1.29 is 9.47 Å². The third kappa shape index (κ3) is 8.72. The zero-order valence-electron chi connectivity index (χ0n) is 8.72. The van der Waals surface area contributed by atoms with Crippen LogP contribution in [0.25, 0.3) is 0 Å². The molecule has 1 atom stereocenters. The van der Waals surface area contributed by atoms with Crippen molar-refractivity contribution in [3.8, 4) is 0 Å². The molecule has 1 unspecified atom stereocenters. The predicted molar refractivity (Wildman–Crippen MR) is 59.3 cm³/mol. The predicted octanol–water partition coefficient (Wildman–Crippen LogP) is 3.34. The van der Waals surface area contributed by atoms with Crippen LogP contribution in [0.3, 0.4) is 0 Å². The van der Waals surface area contributed by atoms with Gasteiger partial charge in [-0.25, -0.2) is 0 Å². The van der Waals surface area contributed by atoms with Gasteiger partial charge in [0.1, 0.15) is 0 Å². The fourth-order valence-electron chi connectivity index (χ4n) is 0.953. The third-order valence-corrected chi connectivity index (χ3v) is 2.21. The van der Waals surface area contributed by atoms with E-state index < -0.39 is 0 Å². The van der Waals surface area contributed by atoms with Crippen LogP contribution in [-0.2, 0) is 9.47 Å². The first-order chi connectivity index (χ1) is 6.35. The summed E-state index contributed by atoms with van der Waals surface area (Å²) in [5.41, 5.74) is 0. The molecule has 0 N–H and O–H groups in total. The molecule has 0 amide bonds. The molecule has 0 aromatic rings.